The molecule has 174 valence electrons. The van der Waals surface area contributed by atoms with Crippen LogP contribution >= 0.6 is 0 Å². The van der Waals surface area contributed by atoms with Crippen molar-refractivity contribution in [3.05, 3.63) is 35.4 Å². The van der Waals surface area contributed by atoms with Gasteiger partial charge >= 0.3 is 11.9 Å². The molecule has 0 amide bonds. The summed E-state index contributed by atoms with van der Waals surface area (Å²) in [6, 6.07) is 6.85. The zero-order chi connectivity index (χ0) is 23.9. The molecule has 0 bridgehead atoms. The van der Waals surface area contributed by atoms with E-state index in [4.69, 9.17) is 9.47 Å². The number of ether oxygens (including phenoxy) is 2. The summed E-state index contributed by atoms with van der Waals surface area (Å²) in [5.41, 5.74) is 1.62. The van der Waals surface area contributed by atoms with E-state index in [0.29, 0.717) is 26.3 Å². The number of rotatable bonds is 10. The van der Waals surface area contributed by atoms with Gasteiger partial charge in [0.1, 0.15) is 12.1 Å². The topological polar surface area (TPSA) is 76.7 Å². The van der Waals surface area contributed by atoms with Crippen LogP contribution < -0.4 is 10.6 Å². The molecule has 2 N–H and O–H groups in total. The van der Waals surface area contributed by atoms with E-state index in [1.54, 1.807) is 13.8 Å². The highest BCUT2D eigenvalue weighted by Crippen LogP contribution is 2.07. The average Bonchev–Trinajstić information content (AvgIpc) is 2.74. The summed E-state index contributed by atoms with van der Waals surface area (Å²) in [6.07, 6.45) is 0. The number of esters is 2. The lowest BCUT2D eigenvalue weighted by Gasteiger charge is -2.19. The molecule has 0 heterocycles. The maximum Gasteiger partial charge on any atom is 0.323 e. The van der Waals surface area contributed by atoms with Crippen LogP contribution in [-0.2, 0) is 19.1 Å². The van der Waals surface area contributed by atoms with Crippen LogP contribution in [0, 0.1) is 35.5 Å². The summed E-state index contributed by atoms with van der Waals surface area (Å²) >= 11 is 0. The van der Waals surface area contributed by atoms with Gasteiger partial charge in [0.15, 0.2) is 0 Å². The van der Waals surface area contributed by atoms with E-state index < -0.39 is 12.1 Å². The zero-order valence-corrected chi connectivity index (χ0v) is 20.1. The molecule has 0 unspecified atom stereocenters. The minimum Gasteiger partial charge on any atom is -0.465 e. The molecule has 6 nitrogen and oxygen atoms in total. The first-order valence-corrected chi connectivity index (χ1v) is 11.2. The SMILES string of the molecule is CCOC(=O)[C@@H](NCC#Cc1ccccc1C#CCN[C@H](C(=O)OCC)C(C)C)C(C)C. The Balaban J connectivity index is 2.76. The van der Waals surface area contributed by atoms with Crippen LogP contribution in [0.4, 0.5) is 0 Å². The largest absolute Gasteiger partial charge is 0.465 e. The van der Waals surface area contributed by atoms with Gasteiger partial charge in [-0.05, 0) is 37.8 Å². The van der Waals surface area contributed by atoms with Crippen LogP contribution in [-0.4, -0.2) is 50.3 Å². The zero-order valence-electron chi connectivity index (χ0n) is 20.1. The molecule has 0 spiro atoms. The van der Waals surface area contributed by atoms with Crippen LogP contribution in [0.1, 0.15) is 52.7 Å². The van der Waals surface area contributed by atoms with Gasteiger partial charge in [-0.1, -0.05) is 63.5 Å². The molecule has 0 radical (unpaired) electrons. The first-order chi connectivity index (χ1) is 15.3. The summed E-state index contributed by atoms with van der Waals surface area (Å²) in [7, 11) is 0. The fourth-order valence-corrected chi connectivity index (χ4v) is 2.95. The van der Waals surface area contributed by atoms with Crippen LogP contribution in [0.5, 0.6) is 0 Å². The Morgan fingerprint density at radius 1 is 0.781 bits per heavy atom. The van der Waals surface area contributed by atoms with Gasteiger partial charge in [0, 0.05) is 11.1 Å². The molecule has 32 heavy (non-hydrogen) atoms. The van der Waals surface area contributed by atoms with E-state index in [2.05, 4.69) is 34.3 Å². The first-order valence-electron chi connectivity index (χ1n) is 11.2. The minimum absolute atomic E-state index is 0.103. The molecule has 1 aromatic rings. The van der Waals surface area contributed by atoms with E-state index in [0.717, 1.165) is 11.1 Å². The monoisotopic (exact) mass is 440 g/mol. The van der Waals surface area contributed by atoms with Gasteiger partial charge in [-0.3, -0.25) is 20.2 Å². The maximum atomic E-state index is 12.0. The third-order valence-electron chi connectivity index (χ3n) is 4.61. The Morgan fingerprint density at radius 3 is 1.47 bits per heavy atom. The van der Waals surface area contributed by atoms with Crippen molar-refractivity contribution in [3.63, 3.8) is 0 Å². The van der Waals surface area contributed by atoms with Crippen LogP contribution in [0.2, 0.25) is 0 Å². The lowest BCUT2D eigenvalue weighted by molar-refractivity contribution is -0.147. The molecule has 0 aliphatic carbocycles. The van der Waals surface area contributed by atoms with Crippen molar-refractivity contribution >= 4 is 11.9 Å². The van der Waals surface area contributed by atoms with Crippen LogP contribution in [0.15, 0.2) is 24.3 Å². The van der Waals surface area contributed by atoms with Crippen molar-refractivity contribution in [3.8, 4) is 23.7 Å². The fraction of sp³-hybridized carbons (Fsp3) is 0.538. The highest BCUT2D eigenvalue weighted by atomic mass is 16.5. The van der Waals surface area contributed by atoms with Gasteiger partial charge in [0.05, 0.1) is 26.3 Å². The van der Waals surface area contributed by atoms with Gasteiger partial charge in [-0.2, -0.15) is 0 Å². The van der Waals surface area contributed by atoms with Gasteiger partial charge in [-0.25, -0.2) is 0 Å². The lowest BCUT2D eigenvalue weighted by atomic mass is 10.0. The number of hydrogen-bond donors (Lipinski definition) is 2. The molecular formula is C26H36N2O4. The molecule has 0 saturated carbocycles. The van der Waals surface area contributed by atoms with Crippen molar-refractivity contribution in [2.24, 2.45) is 11.8 Å². The minimum atomic E-state index is -0.390. The van der Waals surface area contributed by atoms with Crippen LogP contribution in [0.25, 0.3) is 0 Å². The van der Waals surface area contributed by atoms with Gasteiger partial charge in [0.25, 0.3) is 0 Å². The Bertz CT molecular complexity index is 785. The van der Waals surface area contributed by atoms with Crippen molar-refractivity contribution in [1.29, 1.82) is 0 Å². The second-order valence-corrected chi connectivity index (χ2v) is 7.86. The van der Waals surface area contributed by atoms with Gasteiger partial charge in [-0.15, -0.1) is 0 Å². The molecule has 0 saturated heterocycles. The highest BCUT2D eigenvalue weighted by Gasteiger charge is 2.23. The third kappa shape index (κ3) is 9.56. The maximum absolute atomic E-state index is 12.0. The van der Waals surface area contributed by atoms with E-state index in [1.165, 1.54) is 0 Å². The molecule has 6 heteroatoms. The Hall–Kier alpha value is -2.80. The molecule has 0 aromatic heterocycles. The number of carbonyl (C=O) groups is 2. The van der Waals surface area contributed by atoms with E-state index >= 15 is 0 Å². The summed E-state index contributed by atoms with van der Waals surface area (Å²) in [5, 5.41) is 6.30. The van der Waals surface area contributed by atoms with Crippen molar-refractivity contribution < 1.29 is 19.1 Å². The van der Waals surface area contributed by atoms with E-state index in [9.17, 15) is 9.59 Å². The number of benzene rings is 1. The van der Waals surface area contributed by atoms with Crippen molar-refractivity contribution in [1.82, 2.24) is 10.6 Å². The predicted octanol–water partition coefficient (Wildman–Crippen LogP) is 2.74. The average molecular weight is 441 g/mol. The van der Waals surface area contributed by atoms with E-state index in [1.807, 2.05) is 52.0 Å². The van der Waals surface area contributed by atoms with Crippen molar-refractivity contribution in [2.75, 3.05) is 26.3 Å². The summed E-state index contributed by atoms with van der Waals surface area (Å²) in [5.74, 6) is 12.1. The Morgan fingerprint density at radius 2 is 1.16 bits per heavy atom. The second kappa shape index (κ2) is 15.1. The Labute approximate surface area is 192 Å². The van der Waals surface area contributed by atoms with Gasteiger partial charge < -0.3 is 9.47 Å². The number of carbonyl (C=O) groups excluding carboxylic acids is 2. The number of hydrogen-bond acceptors (Lipinski definition) is 6. The molecule has 2 atom stereocenters. The third-order valence-corrected chi connectivity index (χ3v) is 4.61. The van der Waals surface area contributed by atoms with E-state index in [-0.39, 0.29) is 23.8 Å². The normalized spacial score (nSPS) is 12.2. The molecule has 1 aromatic carbocycles. The quantitative estimate of drug-likeness (QED) is 0.430. The molecule has 0 aliphatic rings. The van der Waals surface area contributed by atoms with Crippen LogP contribution in [0.3, 0.4) is 0 Å². The van der Waals surface area contributed by atoms with Gasteiger partial charge in [0.2, 0.25) is 0 Å². The smallest absolute Gasteiger partial charge is 0.323 e. The molecule has 1 rings (SSSR count). The lowest BCUT2D eigenvalue weighted by Crippen LogP contribution is -2.42. The molecule has 0 fully saturated rings. The summed E-state index contributed by atoms with van der Waals surface area (Å²) in [4.78, 5) is 24.1. The second-order valence-electron chi connectivity index (χ2n) is 7.86. The van der Waals surface area contributed by atoms with Crippen molar-refractivity contribution in [2.45, 2.75) is 53.6 Å². The summed E-state index contributed by atoms with van der Waals surface area (Å²) < 4.78 is 10.2. The molecule has 0 aliphatic heterocycles. The first kappa shape index (κ1) is 27.2. The summed E-state index contributed by atoms with van der Waals surface area (Å²) in [6.45, 7) is 12.9. The Kier molecular flexibility index (Phi) is 12.8. The number of nitrogens with one attached hydrogen (secondary N) is 2. The predicted molar refractivity (Wildman–Crippen MR) is 127 cm³/mol. The standard InChI is InChI=1S/C26H36N2O4/c1-7-31-25(29)23(19(3)4)27-17-11-15-21-13-9-10-14-22(21)16-12-18-28-24(20(5)6)26(30)32-8-2/h9-10,13-14,19-20,23-24,27-28H,7-8,17-18H2,1-6H3/t23-,24-/m0/s1. The molecular weight excluding hydrogens is 404 g/mol. The highest BCUT2D eigenvalue weighted by molar-refractivity contribution is 5.76. The fourth-order valence-electron chi connectivity index (χ4n) is 2.95.